The number of hydrogen-bond acceptors (Lipinski definition) is 3. The first-order valence-electron chi connectivity index (χ1n) is 9.20. The van der Waals surface area contributed by atoms with Gasteiger partial charge in [-0.15, -0.1) is 12.4 Å². The van der Waals surface area contributed by atoms with Crippen LogP contribution in [0.5, 0.6) is 0 Å². The lowest BCUT2D eigenvalue weighted by molar-refractivity contribution is -0.139. The molecule has 3 atom stereocenters. The lowest BCUT2D eigenvalue weighted by atomic mass is 9.92. The minimum Gasteiger partial charge on any atom is -0.342 e. The first kappa shape index (κ1) is 19.5. The Morgan fingerprint density at radius 2 is 1.62 bits per heavy atom. The predicted molar refractivity (Wildman–Crippen MR) is 105 cm³/mol. The SMILES string of the molecule is Cl.O=C(C1CCN(c2ccc(Cl)cc2)C1=O)N1CC[C@@H]2CNC[C@@H]2CC1. The van der Waals surface area contributed by atoms with Gasteiger partial charge in [-0.25, -0.2) is 0 Å². The van der Waals surface area contributed by atoms with E-state index in [2.05, 4.69) is 5.32 Å². The average Bonchev–Trinajstić information content (AvgIpc) is 3.17. The summed E-state index contributed by atoms with van der Waals surface area (Å²) in [7, 11) is 0. The number of likely N-dealkylation sites (tertiary alicyclic amines) is 1. The Bertz CT molecular complexity index is 653. The highest BCUT2D eigenvalue weighted by Crippen LogP contribution is 2.31. The van der Waals surface area contributed by atoms with Gasteiger partial charge in [0.1, 0.15) is 5.92 Å². The number of anilines is 1. The van der Waals surface area contributed by atoms with Gasteiger partial charge in [0.05, 0.1) is 0 Å². The van der Waals surface area contributed by atoms with E-state index in [0.29, 0.717) is 29.8 Å². The molecule has 1 aromatic rings. The van der Waals surface area contributed by atoms with Crippen molar-refractivity contribution in [2.75, 3.05) is 37.6 Å². The van der Waals surface area contributed by atoms with Crippen LogP contribution in [0.15, 0.2) is 24.3 Å². The highest BCUT2D eigenvalue weighted by molar-refractivity contribution is 6.30. The van der Waals surface area contributed by atoms with Gasteiger partial charge in [0.15, 0.2) is 0 Å². The minimum absolute atomic E-state index is 0. The van der Waals surface area contributed by atoms with E-state index in [1.807, 2.05) is 17.0 Å². The summed E-state index contributed by atoms with van der Waals surface area (Å²) in [5.74, 6) is 0.796. The smallest absolute Gasteiger partial charge is 0.239 e. The maximum Gasteiger partial charge on any atom is 0.239 e. The van der Waals surface area contributed by atoms with Crippen LogP contribution in [0.4, 0.5) is 5.69 Å². The number of carbonyl (C=O) groups is 2. The molecule has 7 heteroatoms. The van der Waals surface area contributed by atoms with Crippen molar-refractivity contribution in [2.24, 2.45) is 17.8 Å². The van der Waals surface area contributed by atoms with Gasteiger partial charge in [0.25, 0.3) is 0 Å². The molecule has 1 unspecified atom stereocenters. The van der Waals surface area contributed by atoms with Gasteiger partial charge in [-0.3, -0.25) is 9.59 Å². The summed E-state index contributed by atoms with van der Waals surface area (Å²) in [6, 6.07) is 7.24. The van der Waals surface area contributed by atoms with Gasteiger partial charge in [-0.1, -0.05) is 11.6 Å². The van der Waals surface area contributed by atoms with Crippen LogP contribution in [0, 0.1) is 17.8 Å². The van der Waals surface area contributed by atoms with E-state index in [9.17, 15) is 9.59 Å². The summed E-state index contributed by atoms with van der Waals surface area (Å²) < 4.78 is 0. The molecule has 3 fully saturated rings. The number of halogens is 2. The maximum absolute atomic E-state index is 13.0. The molecule has 3 heterocycles. The molecule has 4 rings (SSSR count). The monoisotopic (exact) mass is 397 g/mol. The third-order valence-electron chi connectivity index (χ3n) is 5.97. The molecular formula is C19H25Cl2N3O2. The normalized spacial score (nSPS) is 28.5. The second-order valence-electron chi connectivity index (χ2n) is 7.39. The van der Waals surface area contributed by atoms with Crippen molar-refractivity contribution >= 4 is 41.5 Å². The third kappa shape index (κ3) is 3.71. The summed E-state index contributed by atoms with van der Waals surface area (Å²) in [5.41, 5.74) is 0.821. The Hall–Kier alpha value is -1.30. The van der Waals surface area contributed by atoms with E-state index in [0.717, 1.165) is 44.7 Å². The van der Waals surface area contributed by atoms with Crippen molar-refractivity contribution in [3.05, 3.63) is 29.3 Å². The van der Waals surface area contributed by atoms with Gasteiger partial charge in [-0.05, 0) is 68.5 Å². The highest BCUT2D eigenvalue weighted by Gasteiger charge is 2.41. The minimum atomic E-state index is -0.522. The molecule has 3 saturated heterocycles. The van der Waals surface area contributed by atoms with E-state index in [-0.39, 0.29) is 24.2 Å². The molecule has 0 radical (unpaired) electrons. The van der Waals surface area contributed by atoms with Crippen molar-refractivity contribution in [2.45, 2.75) is 19.3 Å². The standard InChI is InChI=1S/C19H24ClN3O2.ClH/c20-15-1-3-16(4-2-15)23-10-7-17(19(23)25)18(24)22-8-5-13-11-21-12-14(13)6-9-22;/h1-4,13-14,17,21H,5-12H2;1H/t13-,14+,17?;. The zero-order valence-electron chi connectivity index (χ0n) is 14.7. The van der Waals surface area contributed by atoms with Gasteiger partial charge >= 0.3 is 0 Å². The van der Waals surface area contributed by atoms with Crippen molar-refractivity contribution in [3.63, 3.8) is 0 Å². The number of rotatable bonds is 2. The number of nitrogens with one attached hydrogen (secondary N) is 1. The topological polar surface area (TPSA) is 52.7 Å². The summed E-state index contributed by atoms with van der Waals surface area (Å²) in [6.45, 7) is 4.30. The first-order valence-corrected chi connectivity index (χ1v) is 9.58. The largest absolute Gasteiger partial charge is 0.342 e. The van der Waals surface area contributed by atoms with Crippen molar-refractivity contribution in [1.82, 2.24) is 10.2 Å². The molecule has 0 aromatic heterocycles. The molecule has 3 aliphatic heterocycles. The zero-order chi connectivity index (χ0) is 17.4. The number of benzene rings is 1. The molecular weight excluding hydrogens is 373 g/mol. The number of hydrogen-bond donors (Lipinski definition) is 1. The second kappa shape index (κ2) is 8.15. The molecule has 3 aliphatic rings. The number of amides is 2. The van der Waals surface area contributed by atoms with Crippen LogP contribution < -0.4 is 10.2 Å². The van der Waals surface area contributed by atoms with E-state index in [1.54, 1.807) is 17.0 Å². The van der Waals surface area contributed by atoms with E-state index in [4.69, 9.17) is 11.6 Å². The Balaban J connectivity index is 0.00000196. The van der Waals surface area contributed by atoms with E-state index in [1.165, 1.54) is 0 Å². The quantitative estimate of drug-likeness (QED) is 0.780. The first-order chi connectivity index (χ1) is 12.1. The Labute approximate surface area is 165 Å². The summed E-state index contributed by atoms with van der Waals surface area (Å²) in [4.78, 5) is 29.4. The molecule has 0 spiro atoms. The van der Waals surface area contributed by atoms with E-state index < -0.39 is 5.92 Å². The molecule has 2 amide bonds. The maximum atomic E-state index is 13.0. The zero-order valence-corrected chi connectivity index (χ0v) is 16.3. The second-order valence-corrected chi connectivity index (χ2v) is 7.83. The fourth-order valence-electron chi connectivity index (χ4n) is 4.45. The molecule has 0 aliphatic carbocycles. The summed E-state index contributed by atoms with van der Waals surface area (Å²) >= 11 is 5.92. The van der Waals surface area contributed by atoms with E-state index >= 15 is 0 Å². The highest BCUT2D eigenvalue weighted by atomic mass is 35.5. The summed E-state index contributed by atoms with van der Waals surface area (Å²) in [5, 5.41) is 4.10. The van der Waals surface area contributed by atoms with Crippen LogP contribution in [0.25, 0.3) is 0 Å². The predicted octanol–water partition coefficient (Wildman–Crippen LogP) is 2.57. The molecule has 1 aromatic carbocycles. The Kier molecular flexibility index (Phi) is 6.10. The van der Waals surface area contributed by atoms with Crippen LogP contribution in [-0.4, -0.2) is 49.4 Å². The molecule has 0 bridgehead atoms. The average molecular weight is 398 g/mol. The van der Waals surface area contributed by atoms with Crippen molar-refractivity contribution < 1.29 is 9.59 Å². The van der Waals surface area contributed by atoms with Crippen LogP contribution >= 0.6 is 24.0 Å². The Morgan fingerprint density at radius 3 is 2.23 bits per heavy atom. The van der Waals surface area contributed by atoms with Crippen LogP contribution in [-0.2, 0) is 9.59 Å². The van der Waals surface area contributed by atoms with Crippen LogP contribution in [0.3, 0.4) is 0 Å². The van der Waals surface area contributed by atoms with Gasteiger partial charge in [0.2, 0.25) is 11.8 Å². The van der Waals surface area contributed by atoms with Gasteiger partial charge in [-0.2, -0.15) is 0 Å². The number of carbonyl (C=O) groups excluding carboxylic acids is 2. The molecule has 1 N–H and O–H groups in total. The molecule has 142 valence electrons. The fraction of sp³-hybridized carbons (Fsp3) is 0.579. The third-order valence-corrected chi connectivity index (χ3v) is 6.22. The number of fused-ring (bicyclic) bond motifs is 1. The lowest BCUT2D eigenvalue weighted by Crippen LogP contribution is -2.41. The van der Waals surface area contributed by atoms with Crippen LogP contribution in [0.1, 0.15) is 19.3 Å². The van der Waals surface area contributed by atoms with Crippen molar-refractivity contribution in [3.8, 4) is 0 Å². The van der Waals surface area contributed by atoms with Gasteiger partial charge < -0.3 is 15.1 Å². The summed E-state index contributed by atoms with van der Waals surface area (Å²) in [6.07, 6.45) is 2.70. The molecule has 26 heavy (non-hydrogen) atoms. The lowest BCUT2D eigenvalue weighted by Gasteiger charge is -2.24. The number of nitrogens with zero attached hydrogens (tertiary/aromatic N) is 2. The molecule has 5 nitrogen and oxygen atoms in total. The van der Waals surface area contributed by atoms with Crippen molar-refractivity contribution in [1.29, 1.82) is 0 Å². The van der Waals surface area contributed by atoms with Gasteiger partial charge in [0, 0.05) is 30.3 Å². The molecule has 0 saturated carbocycles. The Morgan fingerprint density at radius 1 is 1.00 bits per heavy atom. The van der Waals surface area contributed by atoms with Crippen LogP contribution in [0.2, 0.25) is 5.02 Å². The fourth-order valence-corrected chi connectivity index (χ4v) is 4.57.